The number of halogens is 1. The predicted octanol–water partition coefficient (Wildman–Crippen LogP) is 4.59. The molecule has 0 saturated heterocycles. The summed E-state index contributed by atoms with van der Waals surface area (Å²) < 4.78 is 0. The fourth-order valence-electron chi connectivity index (χ4n) is 2.45. The highest BCUT2D eigenvalue weighted by Crippen LogP contribution is 2.36. The van der Waals surface area contributed by atoms with Crippen molar-refractivity contribution < 1.29 is 0 Å². The highest BCUT2D eigenvalue weighted by atomic mass is 35.5. The number of nitrogens with zero attached hydrogens (tertiary/aromatic N) is 1. The van der Waals surface area contributed by atoms with Gasteiger partial charge < -0.3 is 10.6 Å². The molecule has 1 aliphatic carbocycles. The van der Waals surface area contributed by atoms with Crippen LogP contribution < -0.4 is 10.6 Å². The van der Waals surface area contributed by atoms with Crippen LogP contribution in [0.5, 0.6) is 0 Å². The summed E-state index contributed by atoms with van der Waals surface area (Å²) in [5, 5.41) is 2.90. The quantitative estimate of drug-likeness (QED) is 0.875. The molecular formula is C16H19ClN2S. The SMILES string of the molecule is CC(N)c1ccc(N(Cc2cccs2)C2CC2)cc1Cl. The van der Waals surface area contributed by atoms with Crippen molar-refractivity contribution in [1.82, 2.24) is 0 Å². The summed E-state index contributed by atoms with van der Waals surface area (Å²) in [6.45, 7) is 2.93. The number of rotatable bonds is 5. The summed E-state index contributed by atoms with van der Waals surface area (Å²) in [5.74, 6) is 0. The second-order valence-electron chi connectivity index (χ2n) is 5.43. The van der Waals surface area contributed by atoms with Crippen molar-refractivity contribution in [3.05, 3.63) is 51.2 Å². The standard InChI is InChI=1S/C16H19ClN2S/c1-11(18)15-7-6-13(9-16(15)17)19(12-4-5-12)10-14-3-2-8-20-14/h2-3,6-9,11-12H,4-5,10,18H2,1H3. The first-order valence-corrected chi connectivity index (χ1v) is 8.25. The Kier molecular flexibility index (Phi) is 4.01. The summed E-state index contributed by atoms with van der Waals surface area (Å²) in [6, 6.07) is 11.2. The van der Waals surface area contributed by atoms with Crippen molar-refractivity contribution >= 4 is 28.6 Å². The van der Waals surface area contributed by atoms with E-state index in [0.29, 0.717) is 6.04 Å². The molecule has 106 valence electrons. The zero-order chi connectivity index (χ0) is 14.1. The van der Waals surface area contributed by atoms with E-state index in [1.807, 2.05) is 18.3 Å². The average Bonchev–Trinajstić information content (AvgIpc) is 3.12. The number of anilines is 1. The van der Waals surface area contributed by atoms with E-state index in [-0.39, 0.29) is 6.04 Å². The normalized spacial score (nSPS) is 16.1. The number of thiophene rings is 1. The topological polar surface area (TPSA) is 29.3 Å². The third-order valence-corrected chi connectivity index (χ3v) is 4.89. The van der Waals surface area contributed by atoms with Gasteiger partial charge in [-0.25, -0.2) is 0 Å². The predicted molar refractivity (Wildman–Crippen MR) is 87.6 cm³/mol. The van der Waals surface area contributed by atoms with Gasteiger partial charge >= 0.3 is 0 Å². The fraction of sp³-hybridized carbons (Fsp3) is 0.375. The lowest BCUT2D eigenvalue weighted by molar-refractivity contribution is 0.796. The molecule has 4 heteroatoms. The maximum Gasteiger partial charge on any atom is 0.0525 e. The maximum absolute atomic E-state index is 6.37. The van der Waals surface area contributed by atoms with Crippen molar-refractivity contribution in [2.24, 2.45) is 5.73 Å². The van der Waals surface area contributed by atoms with Crippen molar-refractivity contribution in [3.8, 4) is 0 Å². The fourth-order valence-corrected chi connectivity index (χ4v) is 3.50. The molecule has 2 nitrogen and oxygen atoms in total. The first-order chi connectivity index (χ1) is 9.65. The monoisotopic (exact) mass is 306 g/mol. The first kappa shape index (κ1) is 13.9. The van der Waals surface area contributed by atoms with E-state index in [1.165, 1.54) is 23.4 Å². The van der Waals surface area contributed by atoms with Gasteiger partial charge in [0.25, 0.3) is 0 Å². The highest BCUT2D eigenvalue weighted by Gasteiger charge is 2.29. The smallest absolute Gasteiger partial charge is 0.0525 e. The summed E-state index contributed by atoms with van der Waals surface area (Å²) in [4.78, 5) is 3.85. The Morgan fingerprint density at radius 2 is 2.20 bits per heavy atom. The van der Waals surface area contributed by atoms with Gasteiger partial charge in [0, 0.05) is 27.7 Å². The Labute approximate surface area is 129 Å². The molecule has 0 amide bonds. The number of hydrogen-bond acceptors (Lipinski definition) is 3. The molecule has 1 aliphatic rings. The lowest BCUT2D eigenvalue weighted by Crippen LogP contribution is -2.24. The lowest BCUT2D eigenvalue weighted by atomic mass is 10.1. The number of hydrogen-bond donors (Lipinski definition) is 1. The van der Waals surface area contributed by atoms with Gasteiger partial charge in [0.1, 0.15) is 0 Å². The van der Waals surface area contributed by atoms with E-state index in [9.17, 15) is 0 Å². The molecule has 0 radical (unpaired) electrons. The summed E-state index contributed by atoms with van der Waals surface area (Å²) >= 11 is 8.18. The van der Waals surface area contributed by atoms with Crippen LogP contribution in [-0.2, 0) is 6.54 Å². The van der Waals surface area contributed by atoms with E-state index in [2.05, 4.69) is 40.6 Å². The minimum absolute atomic E-state index is 0.0248. The molecule has 2 N–H and O–H groups in total. The van der Waals surface area contributed by atoms with E-state index in [4.69, 9.17) is 17.3 Å². The molecule has 1 aromatic heterocycles. The Balaban J connectivity index is 1.86. The van der Waals surface area contributed by atoms with Crippen LogP contribution in [0.25, 0.3) is 0 Å². The van der Waals surface area contributed by atoms with Crippen molar-refractivity contribution in [1.29, 1.82) is 0 Å². The van der Waals surface area contributed by atoms with Crippen LogP contribution in [0.1, 0.15) is 36.2 Å². The van der Waals surface area contributed by atoms with Crippen molar-refractivity contribution in [2.45, 2.75) is 38.4 Å². The summed E-state index contributed by atoms with van der Waals surface area (Å²) in [5.41, 5.74) is 8.15. The van der Waals surface area contributed by atoms with Crippen LogP contribution in [0, 0.1) is 0 Å². The summed E-state index contributed by atoms with van der Waals surface area (Å²) in [7, 11) is 0. The zero-order valence-electron chi connectivity index (χ0n) is 11.6. The van der Waals surface area contributed by atoms with Crippen molar-refractivity contribution in [2.75, 3.05) is 4.90 Å². The molecule has 1 aromatic carbocycles. The molecule has 1 atom stereocenters. The van der Waals surface area contributed by atoms with Gasteiger partial charge in [0.15, 0.2) is 0 Å². The van der Waals surface area contributed by atoms with Crippen LogP contribution in [0.3, 0.4) is 0 Å². The molecule has 20 heavy (non-hydrogen) atoms. The number of nitrogens with two attached hydrogens (primary N) is 1. The van der Waals surface area contributed by atoms with Gasteiger partial charge in [0.05, 0.1) is 6.54 Å². The van der Waals surface area contributed by atoms with E-state index in [1.54, 1.807) is 0 Å². The molecule has 0 aliphatic heterocycles. The van der Waals surface area contributed by atoms with Gasteiger partial charge in [-0.05, 0) is 48.9 Å². The molecule has 2 aromatic rings. The van der Waals surface area contributed by atoms with E-state index < -0.39 is 0 Å². The molecule has 1 heterocycles. The van der Waals surface area contributed by atoms with Crippen LogP contribution in [0.2, 0.25) is 5.02 Å². The molecule has 1 saturated carbocycles. The van der Waals surface area contributed by atoms with Crippen molar-refractivity contribution in [3.63, 3.8) is 0 Å². The second kappa shape index (κ2) is 5.76. The number of benzene rings is 1. The molecule has 3 rings (SSSR count). The molecule has 0 bridgehead atoms. The third-order valence-electron chi connectivity index (χ3n) is 3.70. The van der Waals surface area contributed by atoms with Gasteiger partial charge in [-0.2, -0.15) is 0 Å². The Hall–Kier alpha value is -1.03. The Morgan fingerprint density at radius 1 is 1.40 bits per heavy atom. The zero-order valence-corrected chi connectivity index (χ0v) is 13.1. The lowest BCUT2D eigenvalue weighted by Gasteiger charge is -2.25. The summed E-state index contributed by atoms with van der Waals surface area (Å²) in [6.07, 6.45) is 2.55. The minimum atomic E-state index is -0.0248. The molecule has 1 fully saturated rings. The van der Waals surface area contributed by atoms with Gasteiger partial charge in [-0.1, -0.05) is 23.7 Å². The Bertz CT molecular complexity index is 576. The van der Waals surface area contributed by atoms with Crippen LogP contribution >= 0.6 is 22.9 Å². The third kappa shape index (κ3) is 3.00. The maximum atomic E-state index is 6.37. The minimum Gasteiger partial charge on any atom is -0.363 e. The van der Waals surface area contributed by atoms with Gasteiger partial charge in [0.2, 0.25) is 0 Å². The largest absolute Gasteiger partial charge is 0.363 e. The second-order valence-corrected chi connectivity index (χ2v) is 6.87. The first-order valence-electron chi connectivity index (χ1n) is 6.99. The highest BCUT2D eigenvalue weighted by molar-refractivity contribution is 7.09. The average molecular weight is 307 g/mol. The van der Waals surface area contributed by atoms with E-state index in [0.717, 1.165) is 17.1 Å². The van der Waals surface area contributed by atoms with E-state index >= 15 is 0 Å². The van der Waals surface area contributed by atoms with Crippen LogP contribution in [-0.4, -0.2) is 6.04 Å². The molecular weight excluding hydrogens is 288 g/mol. The molecule has 0 spiro atoms. The molecule has 1 unspecified atom stereocenters. The van der Waals surface area contributed by atoms with Gasteiger partial charge in [-0.15, -0.1) is 11.3 Å². The van der Waals surface area contributed by atoms with Crippen LogP contribution in [0.15, 0.2) is 35.7 Å². The Morgan fingerprint density at radius 3 is 2.75 bits per heavy atom. The van der Waals surface area contributed by atoms with Gasteiger partial charge in [-0.3, -0.25) is 0 Å². The van der Waals surface area contributed by atoms with Crippen LogP contribution in [0.4, 0.5) is 5.69 Å².